The molecule has 0 aliphatic rings. The van der Waals surface area contributed by atoms with Gasteiger partial charge in [-0.25, -0.2) is 15.8 Å². The third kappa shape index (κ3) is 2.34. The Morgan fingerprint density at radius 1 is 1.47 bits per heavy atom. The van der Waals surface area contributed by atoms with Gasteiger partial charge in [0.25, 0.3) is 0 Å². The number of hydrazine groups is 1. The van der Waals surface area contributed by atoms with Crippen molar-refractivity contribution in [2.24, 2.45) is 12.9 Å². The Bertz CT molecular complexity index is 521. The van der Waals surface area contributed by atoms with E-state index in [1.807, 2.05) is 20.9 Å². The van der Waals surface area contributed by atoms with Crippen molar-refractivity contribution in [3.63, 3.8) is 0 Å². The molecule has 92 valence electrons. The largest absolute Gasteiger partial charge is 0.371 e. The van der Waals surface area contributed by atoms with Crippen molar-refractivity contribution in [2.45, 2.75) is 26.6 Å². The normalized spacial score (nSPS) is 11.4. The molecule has 0 amide bonds. The Labute approximate surface area is 99.0 Å². The molecule has 0 fully saturated rings. The molecule has 7 nitrogen and oxygen atoms in total. The SMILES string of the molecule is CC(C)OCc1nc(NN)c2cnn(C)c2n1. The molecule has 2 aromatic heterocycles. The number of aryl methyl sites for hydroxylation is 1. The fourth-order valence-electron chi connectivity index (χ4n) is 1.48. The van der Waals surface area contributed by atoms with Crippen molar-refractivity contribution in [1.29, 1.82) is 0 Å². The van der Waals surface area contributed by atoms with Gasteiger partial charge in [0, 0.05) is 7.05 Å². The number of rotatable bonds is 4. The number of nitrogens with two attached hydrogens (primary N) is 1. The highest BCUT2D eigenvalue weighted by Crippen LogP contribution is 2.18. The highest BCUT2D eigenvalue weighted by molar-refractivity contribution is 5.86. The maximum Gasteiger partial charge on any atom is 0.163 e. The zero-order valence-electron chi connectivity index (χ0n) is 10.1. The number of anilines is 1. The van der Waals surface area contributed by atoms with E-state index in [-0.39, 0.29) is 6.10 Å². The number of aromatic nitrogens is 4. The van der Waals surface area contributed by atoms with Crippen LogP contribution in [-0.2, 0) is 18.4 Å². The molecule has 0 atom stereocenters. The fraction of sp³-hybridized carbons (Fsp3) is 0.500. The van der Waals surface area contributed by atoms with Gasteiger partial charge in [0.05, 0.1) is 17.7 Å². The van der Waals surface area contributed by atoms with E-state index in [1.165, 1.54) is 0 Å². The molecular formula is C10H16N6O. The first-order valence-electron chi connectivity index (χ1n) is 5.38. The molecule has 0 spiro atoms. The second-order valence-electron chi connectivity index (χ2n) is 4.00. The Morgan fingerprint density at radius 3 is 2.88 bits per heavy atom. The van der Waals surface area contributed by atoms with Crippen LogP contribution in [0.4, 0.5) is 5.82 Å². The predicted molar refractivity (Wildman–Crippen MR) is 64.0 cm³/mol. The van der Waals surface area contributed by atoms with Crippen molar-refractivity contribution in [2.75, 3.05) is 5.43 Å². The van der Waals surface area contributed by atoms with Crippen LogP contribution in [0.5, 0.6) is 0 Å². The first kappa shape index (κ1) is 11.7. The van der Waals surface area contributed by atoms with Gasteiger partial charge in [0.2, 0.25) is 0 Å². The van der Waals surface area contributed by atoms with Crippen molar-refractivity contribution < 1.29 is 4.74 Å². The van der Waals surface area contributed by atoms with Crippen LogP contribution in [0, 0.1) is 0 Å². The number of nitrogens with zero attached hydrogens (tertiary/aromatic N) is 4. The summed E-state index contributed by atoms with van der Waals surface area (Å²) < 4.78 is 7.15. The van der Waals surface area contributed by atoms with Crippen LogP contribution < -0.4 is 11.3 Å². The lowest BCUT2D eigenvalue weighted by atomic mass is 10.4. The Kier molecular flexibility index (Phi) is 3.21. The molecule has 0 radical (unpaired) electrons. The zero-order chi connectivity index (χ0) is 12.4. The summed E-state index contributed by atoms with van der Waals surface area (Å²) in [7, 11) is 1.82. The van der Waals surface area contributed by atoms with E-state index < -0.39 is 0 Å². The molecule has 0 bridgehead atoms. The Hall–Kier alpha value is -1.73. The molecule has 7 heteroatoms. The van der Waals surface area contributed by atoms with E-state index in [4.69, 9.17) is 10.6 Å². The van der Waals surface area contributed by atoms with Crippen molar-refractivity contribution in [1.82, 2.24) is 19.7 Å². The molecule has 0 aromatic carbocycles. The van der Waals surface area contributed by atoms with Crippen LogP contribution in [0.3, 0.4) is 0 Å². The number of fused-ring (bicyclic) bond motifs is 1. The summed E-state index contributed by atoms with van der Waals surface area (Å²) in [5.74, 6) is 6.58. The lowest BCUT2D eigenvalue weighted by Crippen LogP contribution is -2.12. The highest BCUT2D eigenvalue weighted by atomic mass is 16.5. The van der Waals surface area contributed by atoms with Crippen LogP contribution in [0.15, 0.2) is 6.20 Å². The summed E-state index contributed by atoms with van der Waals surface area (Å²) in [5.41, 5.74) is 3.28. The fourth-order valence-corrected chi connectivity index (χ4v) is 1.48. The van der Waals surface area contributed by atoms with E-state index in [0.717, 1.165) is 11.0 Å². The van der Waals surface area contributed by atoms with Gasteiger partial charge in [-0.05, 0) is 13.8 Å². The predicted octanol–water partition coefficient (Wildman–Crippen LogP) is 0.574. The van der Waals surface area contributed by atoms with E-state index in [0.29, 0.717) is 18.2 Å². The Balaban J connectivity index is 2.40. The zero-order valence-corrected chi connectivity index (χ0v) is 10.1. The minimum atomic E-state index is 0.134. The lowest BCUT2D eigenvalue weighted by molar-refractivity contribution is 0.0615. The summed E-state index contributed by atoms with van der Waals surface area (Å²) in [6, 6.07) is 0. The van der Waals surface area contributed by atoms with Gasteiger partial charge >= 0.3 is 0 Å². The maximum atomic E-state index is 5.47. The summed E-state index contributed by atoms with van der Waals surface area (Å²) >= 11 is 0. The molecule has 2 heterocycles. The minimum Gasteiger partial charge on any atom is -0.371 e. The standard InChI is InChI=1S/C10H16N6O/c1-6(2)17-5-8-13-9(15-11)7-4-12-16(3)10(7)14-8/h4,6H,5,11H2,1-3H3,(H,13,14,15). The van der Waals surface area contributed by atoms with Gasteiger partial charge in [-0.3, -0.25) is 4.68 Å². The van der Waals surface area contributed by atoms with Crippen LogP contribution in [-0.4, -0.2) is 25.9 Å². The minimum absolute atomic E-state index is 0.134. The molecule has 0 aliphatic carbocycles. The van der Waals surface area contributed by atoms with Gasteiger partial charge in [-0.1, -0.05) is 0 Å². The van der Waals surface area contributed by atoms with Gasteiger partial charge in [-0.2, -0.15) is 5.10 Å². The first-order valence-corrected chi connectivity index (χ1v) is 5.38. The monoisotopic (exact) mass is 236 g/mol. The van der Waals surface area contributed by atoms with Gasteiger partial charge < -0.3 is 10.2 Å². The number of hydrogen-bond donors (Lipinski definition) is 2. The van der Waals surface area contributed by atoms with Crippen LogP contribution in [0.1, 0.15) is 19.7 Å². The third-order valence-corrected chi connectivity index (χ3v) is 2.32. The molecule has 17 heavy (non-hydrogen) atoms. The molecule has 0 unspecified atom stereocenters. The summed E-state index contributed by atoms with van der Waals surface area (Å²) in [4.78, 5) is 8.66. The molecule has 2 aromatic rings. The van der Waals surface area contributed by atoms with Crippen LogP contribution >= 0.6 is 0 Å². The average molecular weight is 236 g/mol. The van der Waals surface area contributed by atoms with Crippen molar-refractivity contribution in [3.05, 3.63) is 12.0 Å². The molecular weight excluding hydrogens is 220 g/mol. The number of nitrogen functional groups attached to an aromatic ring is 1. The topological polar surface area (TPSA) is 90.9 Å². The van der Waals surface area contributed by atoms with Crippen molar-refractivity contribution >= 4 is 16.9 Å². The molecule has 3 N–H and O–H groups in total. The van der Waals surface area contributed by atoms with E-state index >= 15 is 0 Å². The van der Waals surface area contributed by atoms with E-state index in [9.17, 15) is 0 Å². The highest BCUT2D eigenvalue weighted by Gasteiger charge is 2.10. The van der Waals surface area contributed by atoms with Gasteiger partial charge in [-0.15, -0.1) is 0 Å². The second kappa shape index (κ2) is 4.64. The molecule has 0 aliphatic heterocycles. The summed E-state index contributed by atoms with van der Waals surface area (Å²) in [6.45, 7) is 4.28. The smallest absolute Gasteiger partial charge is 0.163 e. The van der Waals surface area contributed by atoms with Crippen LogP contribution in [0.25, 0.3) is 11.0 Å². The van der Waals surface area contributed by atoms with E-state index in [2.05, 4.69) is 20.5 Å². The average Bonchev–Trinajstić information content (AvgIpc) is 2.68. The first-order chi connectivity index (χ1) is 8.11. The molecule has 0 saturated heterocycles. The molecule has 2 rings (SSSR count). The van der Waals surface area contributed by atoms with Gasteiger partial charge in [0.15, 0.2) is 17.3 Å². The summed E-state index contributed by atoms with van der Waals surface area (Å²) in [6.07, 6.45) is 1.81. The summed E-state index contributed by atoms with van der Waals surface area (Å²) in [5, 5.41) is 4.91. The second-order valence-corrected chi connectivity index (χ2v) is 4.00. The number of ether oxygens (including phenoxy) is 1. The number of hydrogen-bond acceptors (Lipinski definition) is 6. The van der Waals surface area contributed by atoms with Crippen molar-refractivity contribution in [3.8, 4) is 0 Å². The van der Waals surface area contributed by atoms with Crippen LogP contribution in [0.2, 0.25) is 0 Å². The molecule has 0 saturated carbocycles. The van der Waals surface area contributed by atoms with Gasteiger partial charge in [0.1, 0.15) is 6.61 Å². The third-order valence-electron chi connectivity index (χ3n) is 2.32. The Morgan fingerprint density at radius 2 is 2.24 bits per heavy atom. The quantitative estimate of drug-likeness (QED) is 0.596. The lowest BCUT2D eigenvalue weighted by Gasteiger charge is -2.08. The maximum absolute atomic E-state index is 5.47. The number of nitrogens with one attached hydrogen (secondary N) is 1. The van der Waals surface area contributed by atoms with E-state index in [1.54, 1.807) is 10.9 Å².